The van der Waals surface area contributed by atoms with E-state index in [1.165, 1.54) is 5.56 Å². The normalized spacial score (nSPS) is 11.2. The zero-order valence-corrected chi connectivity index (χ0v) is 18.1. The Morgan fingerprint density at radius 2 is 1.59 bits per heavy atom. The minimum absolute atomic E-state index is 0. The number of aromatic amines is 1. The Labute approximate surface area is 178 Å². The third-order valence-corrected chi connectivity index (χ3v) is 4.32. The van der Waals surface area contributed by atoms with Crippen LogP contribution in [0.15, 0.2) is 59.6 Å². The average Bonchev–Trinajstić information content (AvgIpc) is 3.10. The SMILES string of the molecule is CN=C(NCCCc1ccccc1)NCCCc1nc2ccccc2[nH]1.I. The van der Waals surface area contributed by atoms with Gasteiger partial charge in [0.25, 0.3) is 0 Å². The summed E-state index contributed by atoms with van der Waals surface area (Å²) < 4.78 is 0. The molecule has 0 amide bonds. The Morgan fingerprint density at radius 1 is 0.926 bits per heavy atom. The monoisotopic (exact) mass is 477 g/mol. The van der Waals surface area contributed by atoms with Crippen molar-refractivity contribution in [2.75, 3.05) is 20.1 Å². The number of rotatable bonds is 8. The first-order chi connectivity index (χ1) is 12.8. The number of fused-ring (bicyclic) bond motifs is 1. The minimum Gasteiger partial charge on any atom is -0.356 e. The molecule has 0 atom stereocenters. The van der Waals surface area contributed by atoms with Crippen molar-refractivity contribution in [3.05, 3.63) is 66.0 Å². The van der Waals surface area contributed by atoms with E-state index in [4.69, 9.17) is 0 Å². The van der Waals surface area contributed by atoms with Gasteiger partial charge in [0.2, 0.25) is 0 Å². The number of nitrogens with one attached hydrogen (secondary N) is 3. The first-order valence-corrected chi connectivity index (χ1v) is 9.27. The summed E-state index contributed by atoms with van der Waals surface area (Å²) in [4.78, 5) is 12.3. The summed E-state index contributed by atoms with van der Waals surface area (Å²) in [6.07, 6.45) is 4.10. The van der Waals surface area contributed by atoms with Gasteiger partial charge in [-0.05, 0) is 37.0 Å². The summed E-state index contributed by atoms with van der Waals surface area (Å²) in [5.41, 5.74) is 3.51. The summed E-state index contributed by atoms with van der Waals surface area (Å²) in [5, 5.41) is 6.74. The lowest BCUT2D eigenvalue weighted by molar-refractivity contribution is 0.709. The number of aliphatic imine (C=N–C) groups is 1. The number of aryl methyl sites for hydroxylation is 2. The molecule has 0 saturated heterocycles. The largest absolute Gasteiger partial charge is 0.356 e. The molecule has 0 aliphatic carbocycles. The summed E-state index contributed by atoms with van der Waals surface area (Å²) >= 11 is 0. The molecule has 1 heterocycles. The first-order valence-electron chi connectivity index (χ1n) is 9.27. The van der Waals surface area contributed by atoms with E-state index in [1.807, 2.05) is 25.2 Å². The fraction of sp³-hybridized carbons (Fsp3) is 0.333. The van der Waals surface area contributed by atoms with E-state index >= 15 is 0 Å². The van der Waals surface area contributed by atoms with Gasteiger partial charge in [-0.1, -0.05) is 42.5 Å². The standard InChI is InChI=1S/C21H27N5.HI/c1-22-21(23-15-7-11-17-9-3-2-4-10-17)24-16-8-14-20-25-18-12-5-6-13-19(18)26-20;/h2-6,9-10,12-13H,7-8,11,14-16H2,1H3,(H,25,26)(H2,22,23,24);1H. The minimum atomic E-state index is 0. The number of guanidine groups is 1. The molecule has 0 aliphatic rings. The Kier molecular flexibility index (Phi) is 9.10. The van der Waals surface area contributed by atoms with Gasteiger partial charge in [0, 0.05) is 26.6 Å². The topological polar surface area (TPSA) is 65.1 Å². The average molecular weight is 477 g/mol. The highest BCUT2D eigenvalue weighted by Crippen LogP contribution is 2.11. The fourth-order valence-electron chi connectivity index (χ4n) is 2.95. The second kappa shape index (κ2) is 11.6. The van der Waals surface area contributed by atoms with Gasteiger partial charge in [-0.3, -0.25) is 4.99 Å². The van der Waals surface area contributed by atoms with Gasteiger partial charge in [-0.25, -0.2) is 4.98 Å². The molecule has 27 heavy (non-hydrogen) atoms. The van der Waals surface area contributed by atoms with Crippen molar-refractivity contribution in [2.24, 2.45) is 4.99 Å². The lowest BCUT2D eigenvalue weighted by Crippen LogP contribution is -2.38. The van der Waals surface area contributed by atoms with Gasteiger partial charge < -0.3 is 15.6 Å². The maximum absolute atomic E-state index is 4.61. The van der Waals surface area contributed by atoms with E-state index in [-0.39, 0.29) is 24.0 Å². The molecular formula is C21H28IN5. The lowest BCUT2D eigenvalue weighted by atomic mass is 10.1. The van der Waals surface area contributed by atoms with Crippen molar-refractivity contribution >= 4 is 41.0 Å². The smallest absolute Gasteiger partial charge is 0.190 e. The molecule has 3 aromatic rings. The van der Waals surface area contributed by atoms with Gasteiger partial charge >= 0.3 is 0 Å². The summed E-state index contributed by atoms with van der Waals surface area (Å²) in [7, 11) is 1.81. The van der Waals surface area contributed by atoms with E-state index in [0.29, 0.717) is 0 Å². The van der Waals surface area contributed by atoms with E-state index < -0.39 is 0 Å². The van der Waals surface area contributed by atoms with E-state index in [1.54, 1.807) is 0 Å². The van der Waals surface area contributed by atoms with E-state index in [2.05, 4.69) is 62.0 Å². The van der Waals surface area contributed by atoms with Crippen LogP contribution in [0.2, 0.25) is 0 Å². The van der Waals surface area contributed by atoms with Gasteiger partial charge in [0.05, 0.1) is 11.0 Å². The predicted octanol–water partition coefficient (Wildman–Crippen LogP) is 3.91. The molecule has 6 heteroatoms. The van der Waals surface area contributed by atoms with E-state index in [9.17, 15) is 0 Å². The molecular weight excluding hydrogens is 449 g/mol. The second-order valence-corrected chi connectivity index (χ2v) is 6.32. The Balaban J connectivity index is 0.00000261. The Bertz CT molecular complexity index is 796. The number of benzene rings is 2. The molecule has 3 rings (SSSR count). The zero-order valence-electron chi connectivity index (χ0n) is 15.7. The molecule has 0 unspecified atom stereocenters. The summed E-state index contributed by atoms with van der Waals surface area (Å²) in [6, 6.07) is 18.7. The van der Waals surface area contributed by atoms with Crippen molar-refractivity contribution in [1.82, 2.24) is 20.6 Å². The second-order valence-electron chi connectivity index (χ2n) is 6.32. The number of para-hydroxylation sites is 2. The lowest BCUT2D eigenvalue weighted by Gasteiger charge is -2.11. The fourth-order valence-corrected chi connectivity index (χ4v) is 2.95. The van der Waals surface area contributed by atoms with Gasteiger partial charge in [0.15, 0.2) is 5.96 Å². The third-order valence-electron chi connectivity index (χ3n) is 4.32. The Hall–Kier alpha value is -2.09. The molecule has 0 bridgehead atoms. The van der Waals surface area contributed by atoms with Crippen molar-refractivity contribution in [2.45, 2.75) is 25.7 Å². The highest BCUT2D eigenvalue weighted by atomic mass is 127. The highest BCUT2D eigenvalue weighted by molar-refractivity contribution is 14.0. The molecule has 0 radical (unpaired) electrons. The molecule has 0 spiro atoms. The van der Waals surface area contributed by atoms with Crippen LogP contribution in [0.4, 0.5) is 0 Å². The number of H-pyrrole nitrogens is 1. The molecule has 0 fully saturated rings. The van der Waals surface area contributed by atoms with Crippen LogP contribution in [0.25, 0.3) is 11.0 Å². The van der Waals surface area contributed by atoms with Crippen LogP contribution in [0, 0.1) is 0 Å². The van der Waals surface area contributed by atoms with Crippen LogP contribution in [0.5, 0.6) is 0 Å². The molecule has 1 aromatic heterocycles. The maximum atomic E-state index is 4.61. The molecule has 2 aromatic carbocycles. The third kappa shape index (κ3) is 6.86. The molecule has 144 valence electrons. The number of aromatic nitrogens is 2. The van der Waals surface area contributed by atoms with Gasteiger partial charge in [0.1, 0.15) is 5.82 Å². The number of imidazole rings is 1. The van der Waals surface area contributed by atoms with Crippen molar-refractivity contribution in [3.63, 3.8) is 0 Å². The maximum Gasteiger partial charge on any atom is 0.190 e. The molecule has 0 saturated carbocycles. The van der Waals surface area contributed by atoms with Gasteiger partial charge in [-0.15, -0.1) is 24.0 Å². The van der Waals surface area contributed by atoms with Crippen molar-refractivity contribution in [3.8, 4) is 0 Å². The number of hydrogen-bond acceptors (Lipinski definition) is 2. The van der Waals surface area contributed by atoms with E-state index in [0.717, 1.165) is 61.6 Å². The van der Waals surface area contributed by atoms with Crippen LogP contribution in [-0.4, -0.2) is 36.1 Å². The Morgan fingerprint density at radius 3 is 2.30 bits per heavy atom. The molecule has 0 aliphatic heterocycles. The van der Waals surface area contributed by atoms with Crippen LogP contribution in [-0.2, 0) is 12.8 Å². The van der Waals surface area contributed by atoms with Crippen LogP contribution in [0.1, 0.15) is 24.2 Å². The summed E-state index contributed by atoms with van der Waals surface area (Å²) in [6.45, 7) is 1.79. The van der Waals surface area contributed by atoms with Gasteiger partial charge in [-0.2, -0.15) is 0 Å². The zero-order chi connectivity index (χ0) is 18.0. The first kappa shape index (κ1) is 21.2. The van der Waals surface area contributed by atoms with Crippen molar-refractivity contribution < 1.29 is 0 Å². The number of halogens is 1. The van der Waals surface area contributed by atoms with Crippen LogP contribution >= 0.6 is 24.0 Å². The highest BCUT2D eigenvalue weighted by Gasteiger charge is 2.02. The van der Waals surface area contributed by atoms with Crippen molar-refractivity contribution in [1.29, 1.82) is 0 Å². The molecule has 3 N–H and O–H groups in total. The quantitative estimate of drug-likeness (QED) is 0.200. The number of nitrogens with zero attached hydrogens (tertiary/aromatic N) is 2. The molecule has 5 nitrogen and oxygen atoms in total. The number of hydrogen-bond donors (Lipinski definition) is 3. The predicted molar refractivity (Wildman–Crippen MR) is 124 cm³/mol. The van der Waals surface area contributed by atoms with Crippen LogP contribution < -0.4 is 10.6 Å². The summed E-state index contributed by atoms with van der Waals surface area (Å²) in [5.74, 6) is 1.90. The van der Waals surface area contributed by atoms with Crippen LogP contribution in [0.3, 0.4) is 0 Å².